The van der Waals surface area contributed by atoms with Crippen LogP contribution in [0, 0.1) is 46.3 Å². The molecule has 2 aliphatic heterocycles. The van der Waals surface area contributed by atoms with E-state index in [4.69, 9.17) is 24.7 Å². The molecule has 3 aromatic heterocycles. The molecule has 0 aromatic carbocycles. The second-order valence-corrected chi connectivity index (χ2v) is 20.1. The molecule has 7 unspecified atom stereocenters. The zero-order chi connectivity index (χ0) is 43.2. The lowest BCUT2D eigenvalue weighted by atomic mass is 9.43. The van der Waals surface area contributed by atoms with Gasteiger partial charge in [0.2, 0.25) is 5.91 Å². The summed E-state index contributed by atoms with van der Waals surface area (Å²) in [4.78, 5) is 39.0. The highest BCUT2D eigenvalue weighted by Gasteiger charge is 2.66. The summed E-state index contributed by atoms with van der Waals surface area (Å²) >= 11 is 0. The topological polar surface area (TPSA) is 244 Å². The van der Waals surface area contributed by atoms with E-state index in [2.05, 4.69) is 51.4 Å². The predicted molar refractivity (Wildman–Crippen MR) is 217 cm³/mol. The van der Waals surface area contributed by atoms with Gasteiger partial charge in [0.1, 0.15) is 48.5 Å². The Hall–Kier alpha value is -3.81. The van der Waals surface area contributed by atoms with Crippen LogP contribution in [0.25, 0.3) is 11.2 Å². The Labute approximate surface area is 355 Å². The molecule has 0 bridgehead atoms. The summed E-state index contributed by atoms with van der Waals surface area (Å²) in [6.45, 7) is 12.2. The van der Waals surface area contributed by atoms with E-state index < -0.39 is 54.5 Å². The number of nitrogens with two attached hydrogens (primary N) is 1. The number of rotatable bonds is 11. The third-order valence-corrected chi connectivity index (χ3v) is 16.2. The Kier molecular flexibility index (Phi) is 11.0. The Morgan fingerprint density at radius 3 is 2.61 bits per heavy atom. The second kappa shape index (κ2) is 15.8. The fourth-order valence-electron chi connectivity index (χ4n) is 13.1. The number of carbonyl (C=O) groups is 2. The molecule has 0 spiro atoms. The van der Waals surface area contributed by atoms with Crippen LogP contribution in [0.5, 0.6) is 0 Å². The molecule has 6 aliphatic rings. The van der Waals surface area contributed by atoms with Crippen LogP contribution in [0.15, 0.2) is 18.9 Å². The van der Waals surface area contributed by atoms with Crippen molar-refractivity contribution in [2.75, 3.05) is 5.73 Å². The summed E-state index contributed by atoms with van der Waals surface area (Å²) < 4.78 is 27.9. The minimum absolute atomic E-state index is 0.0216. The van der Waals surface area contributed by atoms with E-state index in [0.29, 0.717) is 29.7 Å². The summed E-state index contributed by atoms with van der Waals surface area (Å²) in [6, 6.07) is -0.870. The number of imidazole rings is 1. The van der Waals surface area contributed by atoms with Crippen molar-refractivity contribution in [1.82, 2.24) is 39.8 Å². The number of aliphatic hydroxyl groups is 3. The first kappa shape index (κ1) is 42.5. The van der Waals surface area contributed by atoms with Crippen molar-refractivity contribution in [3.8, 4) is 0 Å². The molecule has 2 saturated heterocycles. The number of esters is 1. The van der Waals surface area contributed by atoms with Crippen LogP contribution < -0.4 is 11.1 Å². The Balaban J connectivity index is 0.754. The monoisotopic (exact) mass is 849 g/mol. The molecule has 16 atom stereocenters. The first-order chi connectivity index (χ1) is 29.0. The fraction of sp³-hybridized carbons (Fsp3) is 0.791. The number of nitrogen functional groups attached to an aromatic ring is 1. The number of hydrogen-bond acceptors (Lipinski definition) is 15. The molecule has 4 saturated carbocycles. The quantitative estimate of drug-likeness (QED) is 0.174. The number of anilines is 1. The molecule has 3 aromatic rings. The molecule has 18 heteroatoms. The van der Waals surface area contributed by atoms with Gasteiger partial charge in [-0.05, 0) is 118 Å². The number of aliphatic hydroxyl groups excluding tert-OH is 3. The van der Waals surface area contributed by atoms with Crippen molar-refractivity contribution < 1.29 is 43.9 Å². The van der Waals surface area contributed by atoms with E-state index in [1.54, 1.807) is 28.7 Å². The van der Waals surface area contributed by atoms with E-state index in [-0.39, 0.29) is 83.7 Å². The van der Waals surface area contributed by atoms with Crippen molar-refractivity contribution in [2.24, 2.45) is 46.3 Å². The van der Waals surface area contributed by atoms with E-state index >= 15 is 0 Å². The van der Waals surface area contributed by atoms with Crippen molar-refractivity contribution in [3.05, 3.63) is 24.5 Å². The SMILES string of the molecule is CC(CCC(=O)N[C@@H](C)C(=O)OCc1cn(CC2OC(n3cnc4c(N)ncnc43)[C@@H]3OC(C)(C)O[C@H]23)nn1)[C@H]1CCC2C3C(C[C@H](O)[C@@]21C)[C@@]1(C)CC[C@@H](O)CC1C[C@H]3O. The van der Waals surface area contributed by atoms with E-state index in [0.717, 1.165) is 38.5 Å². The lowest BCUT2D eigenvalue weighted by Crippen LogP contribution is -2.62. The first-order valence-electron chi connectivity index (χ1n) is 22.3. The normalized spacial score (nSPS) is 39.8. The standard InChI is InChI=1S/C43H63N9O9/c1-21(26-8-9-27-33-28(15-31(55)43(26,27)6)42(5)12-11-25(53)13-23(42)14-29(33)54)7-10-32(56)48-22(2)40(57)58-18-24-16-51(50-49-24)17-30-35-36(61-41(3,4)60-35)39(59-30)52-20-47-34-37(44)45-19-46-38(34)52/h16,19-23,25-31,33,35-36,39,53-55H,7-15,17-18H2,1-6H3,(H,48,56)(H2,44,45,46)/t21?,22-,23?,25+,26+,27?,28?,29+,30?,31-,33?,35+,36+,39?,42-,43+/m0/s1. The maximum absolute atomic E-state index is 13.2. The zero-order valence-electron chi connectivity index (χ0n) is 36.1. The van der Waals surface area contributed by atoms with Gasteiger partial charge in [0.15, 0.2) is 23.5 Å². The molecule has 5 heterocycles. The molecular weight excluding hydrogens is 787 g/mol. The maximum Gasteiger partial charge on any atom is 0.328 e. The second-order valence-electron chi connectivity index (χ2n) is 20.1. The minimum atomic E-state index is -0.870. The van der Waals surface area contributed by atoms with Crippen LogP contribution in [-0.4, -0.2) is 110 Å². The van der Waals surface area contributed by atoms with Crippen molar-refractivity contribution >= 4 is 28.9 Å². The summed E-state index contributed by atoms with van der Waals surface area (Å²) in [5, 5.41) is 45.2. The predicted octanol–water partition coefficient (Wildman–Crippen LogP) is 3.04. The Morgan fingerprint density at radius 1 is 1.02 bits per heavy atom. The highest BCUT2D eigenvalue weighted by molar-refractivity contribution is 5.84. The first-order valence-corrected chi connectivity index (χ1v) is 22.3. The molecule has 6 fully saturated rings. The number of hydrogen-bond donors (Lipinski definition) is 5. The lowest BCUT2D eigenvalue weighted by molar-refractivity contribution is -0.207. The Bertz CT molecular complexity index is 2110. The number of amides is 1. The van der Waals surface area contributed by atoms with Gasteiger partial charge in [-0.1, -0.05) is 26.0 Å². The molecule has 6 N–H and O–H groups in total. The number of nitrogens with zero attached hydrogens (tertiary/aromatic N) is 7. The largest absolute Gasteiger partial charge is 0.458 e. The lowest BCUT2D eigenvalue weighted by Gasteiger charge is -2.63. The minimum Gasteiger partial charge on any atom is -0.458 e. The number of nitrogens with one attached hydrogen (secondary N) is 1. The molecule has 1 amide bonds. The fourth-order valence-corrected chi connectivity index (χ4v) is 13.1. The summed E-state index contributed by atoms with van der Waals surface area (Å²) in [6.07, 6.45) is 8.10. The third kappa shape index (κ3) is 7.41. The molecule has 0 radical (unpaired) electrons. The van der Waals surface area contributed by atoms with Crippen LogP contribution in [-0.2, 0) is 41.7 Å². The average Bonchev–Trinajstić information content (AvgIpc) is 4.04. The van der Waals surface area contributed by atoms with Crippen molar-refractivity contribution in [3.63, 3.8) is 0 Å². The van der Waals surface area contributed by atoms with Gasteiger partial charge in [0, 0.05) is 6.42 Å². The number of carbonyl (C=O) groups excluding carboxylic acids is 2. The van der Waals surface area contributed by atoms with Gasteiger partial charge in [0.25, 0.3) is 0 Å². The zero-order valence-corrected chi connectivity index (χ0v) is 36.1. The number of ether oxygens (including phenoxy) is 4. The molecule has 18 nitrogen and oxygen atoms in total. The molecule has 334 valence electrons. The Morgan fingerprint density at radius 2 is 1.80 bits per heavy atom. The molecule has 4 aliphatic carbocycles. The van der Waals surface area contributed by atoms with E-state index in [1.807, 2.05) is 13.8 Å². The van der Waals surface area contributed by atoms with Gasteiger partial charge in [-0.2, -0.15) is 0 Å². The van der Waals surface area contributed by atoms with Crippen LogP contribution in [0.3, 0.4) is 0 Å². The van der Waals surface area contributed by atoms with Crippen LogP contribution in [0.1, 0.15) is 111 Å². The smallest absolute Gasteiger partial charge is 0.328 e. The van der Waals surface area contributed by atoms with E-state index in [9.17, 15) is 24.9 Å². The van der Waals surface area contributed by atoms with Gasteiger partial charge in [-0.25, -0.2) is 24.4 Å². The highest BCUT2D eigenvalue weighted by Crippen LogP contribution is 2.68. The maximum atomic E-state index is 13.2. The number of aromatic nitrogens is 7. The third-order valence-electron chi connectivity index (χ3n) is 16.2. The summed E-state index contributed by atoms with van der Waals surface area (Å²) in [5.74, 6) is -0.166. The molecular formula is C43H63N9O9. The van der Waals surface area contributed by atoms with E-state index in [1.165, 1.54) is 6.33 Å². The van der Waals surface area contributed by atoms with Crippen LogP contribution >= 0.6 is 0 Å². The van der Waals surface area contributed by atoms with Gasteiger partial charge < -0.3 is 45.3 Å². The molecule has 9 rings (SSSR count). The van der Waals surface area contributed by atoms with Gasteiger partial charge in [-0.15, -0.1) is 5.10 Å². The van der Waals surface area contributed by atoms with Gasteiger partial charge >= 0.3 is 5.97 Å². The molecule has 61 heavy (non-hydrogen) atoms. The average molecular weight is 850 g/mol. The summed E-state index contributed by atoms with van der Waals surface area (Å²) in [5.41, 5.74) is 7.10. The van der Waals surface area contributed by atoms with Crippen molar-refractivity contribution in [2.45, 2.75) is 167 Å². The van der Waals surface area contributed by atoms with Gasteiger partial charge in [-0.3, -0.25) is 9.36 Å². The van der Waals surface area contributed by atoms with Crippen LogP contribution in [0.2, 0.25) is 0 Å². The number of fused-ring (bicyclic) bond motifs is 7. The van der Waals surface area contributed by atoms with Crippen molar-refractivity contribution in [1.29, 1.82) is 0 Å². The highest BCUT2D eigenvalue weighted by atomic mass is 16.8. The summed E-state index contributed by atoms with van der Waals surface area (Å²) in [7, 11) is 0. The van der Waals surface area contributed by atoms with Gasteiger partial charge in [0.05, 0.1) is 37.4 Å². The van der Waals surface area contributed by atoms with Crippen LogP contribution in [0.4, 0.5) is 5.82 Å².